The van der Waals surface area contributed by atoms with Crippen molar-refractivity contribution in [3.05, 3.63) is 35.0 Å². The van der Waals surface area contributed by atoms with Crippen LogP contribution in [0.5, 0.6) is 0 Å². The molecule has 2 rings (SSSR count). The Kier molecular flexibility index (Phi) is 3.29. The van der Waals surface area contributed by atoms with Gasteiger partial charge in [0.2, 0.25) is 0 Å². The number of hydrogen-bond donors (Lipinski definition) is 2. The summed E-state index contributed by atoms with van der Waals surface area (Å²) < 4.78 is 14.1. The van der Waals surface area contributed by atoms with Gasteiger partial charge in [0, 0.05) is 10.1 Å². The molecule has 1 aromatic carbocycles. The lowest BCUT2D eigenvalue weighted by Crippen LogP contribution is -2.37. The van der Waals surface area contributed by atoms with Gasteiger partial charge in [0.05, 0.1) is 4.88 Å². The molecule has 18 heavy (non-hydrogen) atoms. The van der Waals surface area contributed by atoms with E-state index in [1.54, 1.807) is 12.1 Å². The fraction of sp³-hybridized carbons (Fsp3) is 0.167. The first kappa shape index (κ1) is 12.5. The second kappa shape index (κ2) is 4.73. The van der Waals surface area contributed by atoms with Gasteiger partial charge in [0.1, 0.15) is 11.9 Å². The molecule has 0 unspecified atom stereocenters. The van der Waals surface area contributed by atoms with Gasteiger partial charge in [-0.3, -0.25) is 9.59 Å². The first-order valence-corrected chi connectivity index (χ1v) is 6.02. The molecular formula is C12H10FNO3S. The van der Waals surface area contributed by atoms with Gasteiger partial charge in [0.15, 0.2) is 0 Å². The maximum atomic E-state index is 13.4. The van der Waals surface area contributed by atoms with Gasteiger partial charge in [-0.15, -0.1) is 11.3 Å². The van der Waals surface area contributed by atoms with Crippen LogP contribution in [0.1, 0.15) is 16.6 Å². The van der Waals surface area contributed by atoms with Crippen molar-refractivity contribution in [3.63, 3.8) is 0 Å². The highest BCUT2D eigenvalue weighted by molar-refractivity contribution is 7.20. The van der Waals surface area contributed by atoms with E-state index in [-0.39, 0.29) is 0 Å². The third-order valence-corrected chi connectivity index (χ3v) is 3.55. The molecule has 94 valence electrons. The highest BCUT2D eigenvalue weighted by Crippen LogP contribution is 2.27. The normalized spacial score (nSPS) is 12.3. The van der Waals surface area contributed by atoms with E-state index in [2.05, 4.69) is 5.32 Å². The number of benzene rings is 1. The van der Waals surface area contributed by atoms with Crippen molar-refractivity contribution in [2.75, 3.05) is 0 Å². The van der Waals surface area contributed by atoms with Gasteiger partial charge < -0.3 is 10.4 Å². The number of amides is 1. The van der Waals surface area contributed by atoms with E-state index in [0.717, 1.165) is 11.3 Å². The Morgan fingerprint density at radius 1 is 1.44 bits per heavy atom. The monoisotopic (exact) mass is 267 g/mol. The quantitative estimate of drug-likeness (QED) is 0.896. The third kappa shape index (κ3) is 2.33. The van der Waals surface area contributed by atoms with Crippen LogP contribution in [0.4, 0.5) is 4.39 Å². The Hall–Kier alpha value is -1.95. The Morgan fingerprint density at radius 3 is 2.78 bits per heavy atom. The maximum absolute atomic E-state index is 13.4. The van der Waals surface area contributed by atoms with E-state index in [0.29, 0.717) is 15.0 Å². The first-order chi connectivity index (χ1) is 8.49. The summed E-state index contributed by atoms with van der Waals surface area (Å²) >= 11 is 1.13. The maximum Gasteiger partial charge on any atom is 0.325 e. The van der Waals surface area contributed by atoms with Crippen LogP contribution in [-0.2, 0) is 4.79 Å². The molecule has 0 radical (unpaired) electrons. The minimum absolute atomic E-state index is 0.295. The summed E-state index contributed by atoms with van der Waals surface area (Å²) in [5, 5.41) is 11.4. The van der Waals surface area contributed by atoms with Crippen molar-refractivity contribution in [2.45, 2.75) is 13.0 Å². The standard InChI is InChI=1S/C12H10FNO3S/c1-6(12(16)17)14-11(15)10-5-7-8(13)3-2-4-9(7)18-10/h2-6H,1H3,(H,14,15)(H,16,17)/t6-/m1/s1. The Morgan fingerprint density at radius 2 is 2.17 bits per heavy atom. The van der Waals surface area contributed by atoms with Crippen LogP contribution in [0.25, 0.3) is 10.1 Å². The van der Waals surface area contributed by atoms with Crippen LogP contribution in [0.3, 0.4) is 0 Å². The van der Waals surface area contributed by atoms with Crippen LogP contribution in [0, 0.1) is 5.82 Å². The van der Waals surface area contributed by atoms with Crippen LogP contribution in [0.2, 0.25) is 0 Å². The van der Waals surface area contributed by atoms with Crippen LogP contribution in [-0.4, -0.2) is 23.0 Å². The zero-order valence-electron chi connectivity index (χ0n) is 9.44. The number of halogens is 1. The fourth-order valence-corrected chi connectivity index (χ4v) is 2.45. The molecule has 0 spiro atoms. The lowest BCUT2D eigenvalue weighted by atomic mass is 10.2. The number of thiophene rings is 1. The first-order valence-electron chi connectivity index (χ1n) is 5.21. The average molecular weight is 267 g/mol. The number of fused-ring (bicyclic) bond motifs is 1. The second-order valence-electron chi connectivity index (χ2n) is 3.80. The molecule has 0 aliphatic carbocycles. The van der Waals surface area contributed by atoms with E-state index in [1.807, 2.05) is 0 Å². The minimum Gasteiger partial charge on any atom is -0.480 e. The van der Waals surface area contributed by atoms with Gasteiger partial charge in [-0.25, -0.2) is 4.39 Å². The van der Waals surface area contributed by atoms with Crippen molar-refractivity contribution >= 4 is 33.3 Å². The molecular weight excluding hydrogens is 257 g/mol. The number of carboxylic acid groups (broad SMARTS) is 1. The van der Waals surface area contributed by atoms with Crippen LogP contribution < -0.4 is 5.32 Å². The second-order valence-corrected chi connectivity index (χ2v) is 4.88. The van der Waals surface area contributed by atoms with Gasteiger partial charge >= 0.3 is 5.97 Å². The van der Waals surface area contributed by atoms with E-state index in [4.69, 9.17) is 5.11 Å². The number of carboxylic acids is 1. The Balaban J connectivity index is 2.29. The zero-order chi connectivity index (χ0) is 13.3. The van der Waals surface area contributed by atoms with Crippen molar-refractivity contribution in [1.29, 1.82) is 0 Å². The lowest BCUT2D eigenvalue weighted by Gasteiger charge is -2.07. The molecule has 0 fully saturated rings. The molecule has 1 amide bonds. The molecule has 0 aliphatic rings. The Labute approximate surface area is 106 Å². The molecule has 2 aromatic rings. The topological polar surface area (TPSA) is 66.4 Å². The number of nitrogens with one attached hydrogen (secondary N) is 1. The lowest BCUT2D eigenvalue weighted by molar-refractivity contribution is -0.138. The number of rotatable bonds is 3. The molecule has 0 saturated carbocycles. The van der Waals surface area contributed by atoms with Crippen molar-refractivity contribution < 1.29 is 19.1 Å². The number of carbonyl (C=O) groups is 2. The van der Waals surface area contributed by atoms with Crippen molar-refractivity contribution in [2.24, 2.45) is 0 Å². The number of aliphatic carboxylic acids is 1. The average Bonchev–Trinajstić information content (AvgIpc) is 2.74. The van der Waals surface area contributed by atoms with Crippen molar-refractivity contribution in [3.8, 4) is 0 Å². The summed E-state index contributed by atoms with van der Waals surface area (Å²) in [5.41, 5.74) is 0. The van der Waals surface area contributed by atoms with Gasteiger partial charge in [-0.05, 0) is 25.1 Å². The summed E-state index contributed by atoms with van der Waals surface area (Å²) in [6.45, 7) is 1.37. The van der Waals surface area contributed by atoms with Crippen molar-refractivity contribution in [1.82, 2.24) is 5.32 Å². The summed E-state index contributed by atoms with van der Waals surface area (Å²) in [6, 6.07) is 5.04. The molecule has 6 heteroatoms. The highest BCUT2D eigenvalue weighted by Gasteiger charge is 2.17. The molecule has 4 nitrogen and oxygen atoms in total. The third-order valence-electron chi connectivity index (χ3n) is 2.45. The molecule has 1 atom stereocenters. The summed E-state index contributed by atoms with van der Waals surface area (Å²) in [6.07, 6.45) is 0. The SMILES string of the molecule is C[C@@H](NC(=O)c1cc2c(F)cccc2s1)C(=O)O. The molecule has 0 aliphatic heterocycles. The van der Waals surface area contributed by atoms with E-state index >= 15 is 0 Å². The van der Waals surface area contributed by atoms with E-state index in [1.165, 1.54) is 19.1 Å². The number of carbonyl (C=O) groups excluding carboxylic acids is 1. The van der Waals surface area contributed by atoms with E-state index < -0.39 is 23.7 Å². The predicted octanol–water partition coefficient (Wildman–Crippen LogP) is 2.24. The van der Waals surface area contributed by atoms with Gasteiger partial charge in [0.25, 0.3) is 5.91 Å². The van der Waals surface area contributed by atoms with Gasteiger partial charge in [-0.2, -0.15) is 0 Å². The summed E-state index contributed by atoms with van der Waals surface area (Å²) in [5.74, 6) is -2.02. The highest BCUT2D eigenvalue weighted by atomic mass is 32.1. The van der Waals surface area contributed by atoms with E-state index in [9.17, 15) is 14.0 Å². The number of hydrogen-bond acceptors (Lipinski definition) is 3. The smallest absolute Gasteiger partial charge is 0.325 e. The minimum atomic E-state index is -1.12. The zero-order valence-corrected chi connectivity index (χ0v) is 10.3. The molecule has 1 aromatic heterocycles. The summed E-state index contributed by atoms with van der Waals surface area (Å²) in [4.78, 5) is 22.7. The molecule has 0 saturated heterocycles. The largest absolute Gasteiger partial charge is 0.480 e. The predicted molar refractivity (Wildman–Crippen MR) is 66.3 cm³/mol. The van der Waals surface area contributed by atoms with Crippen LogP contribution in [0.15, 0.2) is 24.3 Å². The summed E-state index contributed by atoms with van der Waals surface area (Å²) in [7, 11) is 0. The molecule has 2 N–H and O–H groups in total. The molecule has 0 bridgehead atoms. The van der Waals surface area contributed by atoms with Gasteiger partial charge in [-0.1, -0.05) is 6.07 Å². The fourth-order valence-electron chi connectivity index (χ4n) is 1.47. The van der Waals surface area contributed by atoms with Crippen LogP contribution >= 0.6 is 11.3 Å². The Bertz CT molecular complexity index is 623. The molecule has 1 heterocycles.